The molecule has 0 radical (unpaired) electrons. The number of aromatic nitrogens is 1. The van der Waals surface area contributed by atoms with Gasteiger partial charge in [-0.05, 0) is 12.5 Å². The molecular weight excluding hydrogens is 254 g/mol. The highest BCUT2D eigenvalue weighted by molar-refractivity contribution is 5.92. The van der Waals surface area contributed by atoms with Crippen LogP contribution in [0.5, 0.6) is 0 Å². The van der Waals surface area contributed by atoms with E-state index in [1.54, 1.807) is 11.0 Å². The molecule has 0 spiro atoms. The minimum Gasteiger partial charge on any atom is -0.350 e. The molecule has 5 heteroatoms. The molecule has 2 aromatic rings. The van der Waals surface area contributed by atoms with Gasteiger partial charge in [0.05, 0.1) is 0 Å². The smallest absolute Gasteiger partial charge is 0.292 e. The minimum absolute atomic E-state index is 0.0844. The van der Waals surface area contributed by atoms with E-state index >= 15 is 0 Å². The third-order valence-electron chi connectivity index (χ3n) is 3.55. The first kappa shape index (κ1) is 12.9. The maximum absolute atomic E-state index is 12.3. The van der Waals surface area contributed by atoms with Gasteiger partial charge in [-0.15, -0.1) is 0 Å². The Hall–Kier alpha value is -2.14. The lowest BCUT2D eigenvalue weighted by atomic mass is 10.1. The Morgan fingerprint density at radius 3 is 2.80 bits per heavy atom. The fourth-order valence-electron chi connectivity index (χ4n) is 2.39. The molecule has 0 bridgehead atoms. The van der Waals surface area contributed by atoms with Crippen molar-refractivity contribution in [2.24, 2.45) is 0 Å². The summed E-state index contributed by atoms with van der Waals surface area (Å²) < 4.78 is 5.23. The molecule has 5 nitrogen and oxygen atoms in total. The van der Waals surface area contributed by atoms with Gasteiger partial charge in [0.15, 0.2) is 0 Å². The topological polar surface area (TPSA) is 58.4 Å². The highest BCUT2D eigenvalue weighted by atomic mass is 16.5. The highest BCUT2D eigenvalue weighted by Crippen LogP contribution is 2.23. The fraction of sp³-hybridized carbons (Fsp3) is 0.333. The number of piperazine rings is 1. The summed E-state index contributed by atoms with van der Waals surface area (Å²) in [4.78, 5) is 14.1. The monoisotopic (exact) mass is 271 g/mol. The fourth-order valence-corrected chi connectivity index (χ4v) is 2.39. The quantitative estimate of drug-likeness (QED) is 0.903. The van der Waals surface area contributed by atoms with Crippen molar-refractivity contribution in [2.75, 3.05) is 26.2 Å². The zero-order valence-corrected chi connectivity index (χ0v) is 11.4. The van der Waals surface area contributed by atoms with E-state index in [1.807, 2.05) is 31.2 Å². The van der Waals surface area contributed by atoms with Gasteiger partial charge < -0.3 is 14.7 Å². The van der Waals surface area contributed by atoms with Crippen LogP contribution in [0.3, 0.4) is 0 Å². The predicted octanol–water partition coefficient (Wildman–Crippen LogP) is 1.70. The molecule has 1 aliphatic heterocycles. The number of carbonyl (C=O) groups excluding carboxylic acids is 1. The Morgan fingerprint density at radius 1 is 1.30 bits per heavy atom. The van der Waals surface area contributed by atoms with Crippen LogP contribution in [-0.4, -0.2) is 42.1 Å². The van der Waals surface area contributed by atoms with Crippen molar-refractivity contribution in [3.05, 3.63) is 41.7 Å². The summed E-state index contributed by atoms with van der Waals surface area (Å²) in [6.45, 7) is 5.08. The van der Waals surface area contributed by atoms with Crippen molar-refractivity contribution >= 4 is 5.91 Å². The van der Waals surface area contributed by atoms with Crippen LogP contribution in [0.2, 0.25) is 0 Å². The third-order valence-corrected chi connectivity index (χ3v) is 3.55. The highest BCUT2D eigenvalue weighted by Gasteiger charge is 2.22. The van der Waals surface area contributed by atoms with E-state index < -0.39 is 0 Å². The van der Waals surface area contributed by atoms with Gasteiger partial charge in [-0.1, -0.05) is 29.4 Å². The SMILES string of the molecule is Cc1ccccc1-c1cc(C(=O)N2CCNCC2)on1. The number of rotatable bonds is 2. The average molecular weight is 271 g/mol. The van der Waals surface area contributed by atoms with Gasteiger partial charge in [0.25, 0.3) is 5.91 Å². The number of nitrogens with zero attached hydrogens (tertiary/aromatic N) is 2. The van der Waals surface area contributed by atoms with Crippen molar-refractivity contribution in [2.45, 2.75) is 6.92 Å². The van der Waals surface area contributed by atoms with Crippen molar-refractivity contribution in [1.29, 1.82) is 0 Å². The second kappa shape index (κ2) is 5.46. The summed E-state index contributed by atoms with van der Waals surface area (Å²) in [5.41, 5.74) is 2.82. The standard InChI is InChI=1S/C15H17N3O2/c1-11-4-2-3-5-12(11)13-10-14(20-17-13)15(19)18-8-6-16-7-9-18/h2-5,10,16H,6-9H2,1H3. The second-order valence-electron chi connectivity index (χ2n) is 4.93. The zero-order valence-electron chi connectivity index (χ0n) is 11.4. The number of hydrogen-bond acceptors (Lipinski definition) is 4. The maximum Gasteiger partial charge on any atom is 0.292 e. The first-order chi connectivity index (χ1) is 9.75. The van der Waals surface area contributed by atoms with Crippen molar-refractivity contribution in [3.8, 4) is 11.3 Å². The molecule has 104 valence electrons. The second-order valence-corrected chi connectivity index (χ2v) is 4.93. The Bertz CT molecular complexity index is 615. The molecule has 1 saturated heterocycles. The molecule has 1 aromatic heterocycles. The summed E-state index contributed by atoms with van der Waals surface area (Å²) in [5.74, 6) is 0.226. The van der Waals surface area contributed by atoms with Gasteiger partial charge in [0, 0.05) is 37.8 Å². The number of hydrogen-bond donors (Lipinski definition) is 1. The van der Waals surface area contributed by atoms with Gasteiger partial charge in [-0.25, -0.2) is 0 Å². The van der Waals surface area contributed by atoms with Crippen LogP contribution in [0.4, 0.5) is 0 Å². The third kappa shape index (κ3) is 2.44. The van der Waals surface area contributed by atoms with E-state index in [1.165, 1.54) is 0 Å². The predicted molar refractivity (Wildman–Crippen MR) is 75.4 cm³/mol. The van der Waals surface area contributed by atoms with E-state index in [2.05, 4.69) is 10.5 Å². The summed E-state index contributed by atoms with van der Waals surface area (Å²) >= 11 is 0. The van der Waals surface area contributed by atoms with Crippen LogP contribution in [0.15, 0.2) is 34.9 Å². The van der Waals surface area contributed by atoms with Gasteiger partial charge in [0.1, 0.15) is 5.69 Å². The largest absolute Gasteiger partial charge is 0.350 e. The lowest BCUT2D eigenvalue weighted by Crippen LogP contribution is -2.46. The van der Waals surface area contributed by atoms with E-state index in [9.17, 15) is 4.79 Å². The molecular formula is C15H17N3O2. The molecule has 20 heavy (non-hydrogen) atoms. The summed E-state index contributed by atoms with van der Waals surface area (Å²) in [6, 6.07) is 9.65. The van der Waals surface area contributed by atoms with Crippen LogP contribution in [-0.2, 0) is 0 Å². The molecule has 0 saturated carbocycles. The minimum atomic E-state index is -0.0844. The lowest BCUT2D eigenvalue weighted by Gasteiger charge is -2.26. The summed E-state index contributed by atoms with van der Waals surface area (Å²) in [7, 11) is 0. The first-order valence-electron chi connectivity index (χ1n) is 6.78. The van der Waals surface area contributed by atoms with Crippen molar-refractivity contribution in [1.82, 2.24) is 15.4 Å². The van der Waals surface area contributed by atoms with Crippen molar-refractivity contribution < 1.29 is 9.32 Å². The van der Waals surface area contributed by atoms with Gasteiger partial charge >= 0.3 is 0 Å². The molecule has 0 unspecified atom stereocenters. The molecule has 1 fully saturated rings. The summed E-state index contributed by atoms with van der Waals surface area (Å²) in [6.07, 6.45) is 0. The Kier molecular flexibility index (Phi) is 3.52. The van der Waals surface area contributed by atoms with E-state index in [0.717, 1.165) is 24.2 Å². The van der Waals surface area contributed by atoms with Crippen molar-refractivity contribution in [3.63, 3.8) is 0 Å². The van der Waals surface area contributed by atoms with Crippen LogP contribution in [0.25, 0.3) is 11.3 Å². The van der Waals surface area contributed by atoms with Gasteiger partial charge in [-0.3, -0.25) is 4.79 Å². The Balaban J connectivity index is 1.83. The van der Waals surface area contributed by atoms with Crippen LogP contribution in [0, 0.1) is 6.92 Å². The number of amides is 1. The molecule has 1 N–H and O–H groups in total. The average Bonchev–Trinajstić information content (AvgIpc) is 2.97. The Morgan fingerprint density at radius 2 is 2.05 bits per heavy atom. The zero-order chi connectivity index (χ0) is 13.9. The Labute approximate surface area is 117 Å². The number of nitrogens with one attached hydrogen (secondary N) is 1. The normalized spacial score (nSPS) is 15.3. The number of carbonyl (C=O) groups is 1. The maximum atomic E-state index is 12.3. The molecule has 0 aliphatic carbocycles. The molecule has 1 amide bonds. The summed E-state index contributed by atoms with van der Waals surface area (Å²) in [5, 5.41) is 7.24. The molecule has 1 aromatic carbocycles. The van der Waals surface area contributed by atoms with E-state index in [4.69, 9.17) is 4.52 Å². The first-order valence-corrected chi connectivity index (χ1v) is 6.78. The number of aryl methyl sites for hydroxylation is 1. The molecule has 0 atom stereocenters. The molecule has 1 aliphatic rings. The van der Waals surface area contributed by atoms with Crippen LogP contribution in [0.1, 0.15) is 16.1 Å². The van der Waals surface area contributed by atoms with Crippen LogP contribution >= 0.6 is 0 Å². The van der Waals surface area contributed by atoms with Crippen LogP contribution < -0.4 is 5.32 Å². The molecule has 2 heterocycles. The van der Waals surface area contributed by atoms with E-state index in [-0.39, 0.29) is 5.91 Å². The van der Waals surface area contributed by atoms with Gasteiger partial charge in [-0.2, -0.15) is 0 Å². The van der Waals surface area contributed by atoms with E-state index in [0.29, 0.717) is 24.5 Å². The number of benzene rings is 1. The lowest BCUT2D eigenvalue weighted by molar-refractivity contribution is 0.0694. The van der Waals surface area contributed by atoms with Gasteiger partial charge in [0.2, 0.25) is 5.76 Å². The molecule has 3 rings (SSSR count).